The van der Waals surface area contributed by atoms with Gasteiger partial charge in [-0.15, -0.1) is 0 Å². The first-order valence-electron chi connectivity index (χ1n) is 4.15. The van der Waals surface area contributed by atoms with Crippen LogP contribution in [0, 0.1) is 11.8 Å². The smallest absolute Gasteiger partial charge is 0.257 e. The number of likely N-dealkylation sites (tertiary alicyclic amines) is 1. The van der Waals surface area contributed by atoms with Gasteiger partial charge in [-0.2, -0.15) is 0 Å². The minimum absolute atomic E-state index is 0.315. The van der Waals surface area contributed by atoms with Crippen LogP contribution in [0.25, 0.3) is 0 Å². The van der Waals surface area contributed by atoms with Gasteiger partial charge in [-0.05, 0) is 13.8 Å². The maximum absolute atomic E-state index is 12.7. The van der Waals surface area contributed by atoms with Gasteiger partial charge in [0.25, 0.3) is 5.92 Å². The topological polar surface area (TPSA) is 3.24 Å². The summed E-state index contributed by atoms with van der Waals surface area (Å²) in [5.41, 5.74) is 0. The van der Waals surface area contributed by atoms with Crippen molar-refractivity contribution < 1.29 is 8.78 Å². The second-order valence-corrected chi connectivity index (χ2v) is 3.94. The van der Waals surface area contributed by atoms with Gasteiger partial charge in [-0.1, -0.05) is 0 Å². The molecule has 2 unspecified atom stereocenters. The molecule has 2 aliphatic rings. The lowest BCUT2D eigenvalue weighted by Gasteiger charge is -2.23. The van der Waals surface area contributed by atoms with Crippen LogP contribution in [0.4, 0.5) is 8.78 Å². The van der Waals surface area contributed by atoms with E-state index in [1.165, 1.54) is 0 Å². The van der Waals surface area contributed by atoms with Crippen LogP contribution in [0.1, 0.15) is 13.8 Å². The van der Waals surface area contributed by atoms with Crippen molar-refractivity contribution in [3.63, 3.8) is 0 Å². The van der Waals surface area contributed by atoms with Gasteiger partial charge in [0.2, 0.25) is 0 Å². The third kappa shape index (κ3) is 0.901. The minimum atomic E-state index is -2.31. The van der Waals surface area contributed by atoms with Crippen LogP contribution in [0.15, 0.2) is 0 Å². The Morgan fingerprint density at radius 3 is 2.09 bits per heavy atom. The van der Waals surface area contributed by atoms with Gasteiger partial charge in [0.05, 0.1) is 0 Å². The van der Waals surface area contributed by atoms with Gasteiger partial charge in [-0.3, -0.25) is 4.90 Å². The maximum Gasteiger partial charge on any atom is 0.257 e. The van der Waals surface area contributed by atoms with Crippen molar-refractivity contribution in [2.45, 2.75) is 25.8 Å². The molecule has 0 radical (unpaired) electrons. The third-order valence-corrected chi connectivity index (χ3v) is 2.96. The summed E-state index contributed by atoms with van der Waals surface area (Å²) < 4.78 is 25.3. The van der Waals surface area contributed by atoms with Crippen molar-refractivity contribution in [3.05, 3.63) is 0 Å². The number of piperidine rings is 1. The fourth-order valence-electron chi connectivity index (χ4n) is 1.96. The maximum atomic E-state index is 12.7. The lowest BCUT2D eigenvalue weighted by molar-refractivity contribution is 0.0472. The normalized spacial score (nSPS) is 41.2. The molecule has 0 bridgehead atoms. The quantitative estimate of drug-likeness (QED) is 0.564. The second-order valence-electron chi connectivity index (χ2n) is 3.94. The van der Waals surface area contributed by atoms with Crippen molar-refractivity contribution >= 4 is 0 Å². The second kappa shape index (κ2) is 1.94. The molecule has 1 saturated carbocycles. The zero-order valence-electron chi connectivity index (χ0n) is 6.85. The number of halogens is 2. The zero-order valence-corrected chi connectivity index (χ0v) is 6.85. The van der Waals surface area contributed by atoms with E-state index in [0.717, 1.165) is 0 Å². The lowest BCUT2D eigenvalue weighted by Crippen LogP contribution is -2.33. The summed E-state index contributed by atoms with van der Waals surface area (Å²) in [4.78, 5) is 2.13. The standard InChI is InChI=1S/C8H13F2N/c1-5(2)11-3-6-7(4-11)8(6,9)10/h5-7H,3-4H2,1-2H3. The van der Waals surface area contributed by atoms with E-state index >= 15 is 0 Å². The molecule has 0 N–H and O–H groups in total. The number of fused-ring (bicyclic) bond motifs is 1. The van der Waals surface area contributed by atoms with Gasteiger partial charge in [-0.25, -0.2) is 8.78 Å². The largest absolute Gasteiger partial charge is 0.300 e. The Morgan fingerprint density at radius 1 is 1.27 bits per heavy atom. The summed E-state index contributed by atoms with van der Waals surface area (Å²) in [6.45, 7) is 5.33. The third-order valence-electron chi connectivity index (χ3n) is 2.96. The molecule has 1 heterocycles. The Balaban J connectivity index is 1.95. The van der Waals surface area contributed by atoms with Crippen molar-refractivity contribution in [1.29, 1.82) is 0 Å². The van der Waals surface area contributed by atoms with E-state index in [0.29, 0.717) is 19.1 Å². The van der Waals surface area contributed by atoms with Crippen LogP contribution in [-0.2, 0) is 0 Å². The molecule has 0 aromatic heterocycles. The average Bonchev–Trinajstić information content (AvgIpc) is 2.28. The van der Waals surface area contributed by atoms with E-state index < -0.39 is 5.92 Å². The summed E-state index contributed by atoms with van der Waals surface area (Å²) in [7, 11) is 0. The molecule has 64 valence electrons. The van der Waals surface area contributed by atoms with Crippen LogP contribution < -0.4 is 0 Å². The van der Waals surface area contributed by atoms with Crippen LogP contribution in [0.3, 0.4) is 0 Å². The van der Waals surface area contributed by atoms with Gasteiger partial charge in [0, 0.05) is 31.0 Å². The molecular weight excluding hydrogens is 148 g/mol. The SMILES string of the molecule is CC(C)N1CC2C(C1)C2(F)F. The van der Waals surface area contributed by atoms with E-state index in [9.17, 15) is 8.78 Å². The summed E-state index contributed by atoms with van der Waals surface area (Å²) >= 11 is 0. The van der Waals surface area contributed by atoms with E-state index in [2.05, 4.69) is 18.7 Å². The minimum Gasteiger partial charge on any atom is -0.300 e. The first kappa shape index (κ1) is 7.47. The lowest BCUT2D eigenvalue weighted by atomic mass is 10.3. The van der Waals surface area contributed by atoms with Gasteiger partial charge >= 0.3 is 0 Å². The fraction of sp³-hybridized carbons (Fsp3) is 1.00. The first-order chi connectivity index (χ1) is 5.03. The van der Waals surface area contributed by atoms with E-state index in [1.54, 1.807) is 0 Å². The molecule has 1 aliphatic carbocycles. The molecule has 1 nitrogen and oxygen atoms in total. The number of rotatable bonds is 1. The van der Waals surface area contributed by atoms with Crippen LogP contribution >= 0.6 is 0 Å². The predicted molar refractivity (Wildman–Crippen MR) is 38.6 cm³/mol. The molecule has 2 rings (SSSR count). The number of hydrogen-bond acceptors (Lipinski definition) is 1. The predicted octanol–water partition coefficient (Wildman–Crippen LogP) is 1.59. The molecule has 0 aromatic rings. The molecule has 3 heteroatoms. The highest BCUT2D eigenvalue weighted by molar-refractivity contribution is 5.12. The van der Waals surface area contributed by atoms with Crippen molar-refractivity contribution in [1.82, 2.24) is 4.90 Å². The monoisotopic (exact) mass is 161 g/mol. The number of alkyl halides is 2. The summed E-state index contributed by atoms with van der Waals surface area (Å²) in [5, 5.41) is 0. The Hall–Kier alpha value is -0.180. The molecule has 0 spiro atoms. The molecule has 1 aliphatic heterocycles. The zero-order chi connectivity index (χ0) is 8.22. The highest BCUT2D eigenvalue weighted by Crippen LogP contribution is 2.59. The summed E-state index contributed by atoms with van der Waals surface area (Å²) in [6.07, 6.45) is 0. The van der Waals surface area contributed by atoms with E-state index in [4.69, 9.17) is 0 Å². The van der Waals surface area contributed by atoms with E-state index in [1.807, 2.05) is 0 Å². The van der Waals surface area contributed by atoms with Crippen molar-refractivity contribution in [2.24, 2.45) is 11.8 Å². The van der Waals surface area contributed by atoms with Gasteiger partial charge in [0.1, 0.15) is 0 Å². The summed E-state index contributed by atoms with van der Waals surface area (Å²) in [5.74, 6) is -2.94. The highest BCUT2D eigenvalue weighted by atomic mass is 19.3. The molecule has 2 fully saturated rings. The van der Waals surface area contributed by atoms with Crippen LogP contribution in [0.5, 0.6) is 0 Å². The molecule has 0 aromatic carbocycles. The molecule has 11 heavy (non-hydrogen) atoms. The number of hydrogen-bond donors (Lipinski definition) is 0. The Bertz CT molecular complexity index is 165. The van der Waals surface area contributed by atoms with Gasteiger partial charge < -0.3 is 0 Å². The molecular formula is C8H13F2N. The van der Waals surface area contributed by atoms with Crippen LogP contribution in [-0.4, -0.2) is 30.0 Å². The Kier molecular flexibility index (Phi) is 1.32. The van der Waals surface area contributed by atoms with E-state index in [-0.39, 0.29) is 11.8 Å². The Morgan fingerprint density at radius 2 is 1.73 bits per heavy atom. The molecule has 0 amide bonds. The molecule has 2 atom stereocenters. The Labute approximate surface area is 65.4 Å². The number of nitrogens with zero attached hydrogens (tertiary/aromatic N) is 1. The first-order valence-corrected chi connectivity index (χ1v) is 4.15. The van der Waals surface area contributed by atoms with Crippen molar-refractivity contribution in [2.75, 3.05) is 13.1 Å². The van der Waals surface area contributed by atoms with Gasteiger partial charge in [0.15, 0.2) is 0 Å². The fourth-order valence-corrected chi connectivity index (χ4v) is 1.96. The molecule has 1 saturated heterocycles. The highest BCUT2D eigenvalue weighted by Gasteiger charge is 2.71. The average molecular weight is 161 g/mol. The summed E-state index contributed by atoms with van der Waals surface area (Å²) in [6, 6.07) is 0.429. The van der Waals surface area contributed by atoms with Crippen molar-refractivity contribution in [3.8, 4) is 0 Å². The van der Waals surface area contributed by atoms with Crippen LogP contribution in [0.2, 0.25) is 0 Å².